The molecule has 1 aliphatic rings. The smallest absolute Gasteiger partial charge is 0.0785 e. The third-order valence-corrected chi connectivity index (χ3v) is 4.38. The van der Waals surface area contributed by atoms with Crippen molar-refractivity contribution in [2.75, 3.05) is 13.2 Å². The van der Waals surface area contributed by atoms with Crippen LogP contribution in [0.3, 0.4) is 0 Å². The maximum absolute atomic E-state index is 6.02. The fourth-order valence-corrected chi connectivity index (χ4v) is 3.35. The summed E-state index contributed by atoms with van der Waals surface area (Å²) in [5.41, 5.74) is 1.24. The van der Waals surface area contributed by atoms with Crippen molar-refractivity contribution in [3.8, 4) is 0 Å². The van der Waals surface area contributed by atoms with E-state index in [-0.39, 0.29) is 12.1 Å². The van der Waals surface area contributed by atoms with Crippen LogP contribution < -0.4 is 5.32 Å². The summed E-state index contributed by atoms with van der Waals surface area (Å²) in [5, 5.41) is 8.17. The minimum absolute atomic E-state index is 0.235. The van der Waals surface area contributed by atoms with E-state index in [0.717, 1.165) is 43.4 Å². The van der Waals surface area contributed by atoms with Crippen LogP contribution in [0, 0.1) is 0 Å². The minimum Gasteiger partial charge on any atom is -0.376 e. The summed E-state index contributed by atoms with van der Waals surface area (Å²) in [6.07, 6.45) is 7.97. The van der Waals surface area contributed by atoms with Crippen molar-refractivity contribution in [2.45, 2.75) is 64.6 Å². The summed E-state index contributed by atoms with van der Waals surface area (Å²) >= 11 is 3.67. The molecule has 0 amide bonds. The van der Waals surface area contributed by atoms with Crippen LogP contribution in [0.2, 0.25) is 0 Å². The molecule has 0 radical (unpaired) electrons. The van der Waals surface area contributed by atoms with Gasteiger partial charge in [-0.3, -0.25) is 4.68 Å². The Morgan fingerprint density at radius 2 is 2.30 bits per heavy atom. The van der Waals surface area contributed by atoms with Gasteiger partial charge in [0.1, 0.15) is 0 Å². The van der Waals surface area contributed by atoms with Crippen LogP contribution >= 0.6 is 15.9 Å². The van der Waals surface area contributed by atoms with Crippen molar-refractivity contribution in [3.05, 3.63) is 16.4 Å². The Morgan fingerprint density at radius 1 is 1.45 bits per heavy atom. The van der Waals surface area contributed by atoms with Gasteiger partial charge in [-0.2, -0.15) is 5.10 Å². The van der Waals surface area contributed by atoms with Crippen LogP contribution in [-0.2, 0) is 11.3 Å². The third kappa shape index (κ3) is 3.83. The second-order valence-corrected chi connectivity index (χ2v) is 6.29. The van der Waals surface area contributed by atoms with Crippen molar-refractivity contribution in [1.29, 1.82) is 0 Å². The lowest BCUT2D eigenvalue weighted by Crippen LogP contribution is -2.38. The highest BCUT2D eigenvalue weighted by atomic mass is 79.9. The highest BCUT2D eigenvalue weighted by molar-refractivity contribution is 9.10. The highest BCUT2D eigenvalue weighted by Gasteiger charge is 2.29. The fraction of sp³-hybridized carbons (Fsp3) is 0.800. The second kappa shape index (κ2) is 8.15. The van der Waals surface area contributed by atoms with Crippen molar-refractivity contribution >= 4 is 15.9 Å². The Kier molecular flexibility index (Phi) is 6.52. The monoisotopic (exact) mass is 343 g/mol. The fourth-order valence-electron chi connectivity index (χ4n) is 2.80. The van der Waals surface area contributed by atoms with E-state index in [9.17, 15) is 0 Å². The van der Waals surface area contributed by atoms with E-state index in [1.165, 1.54) is 18.5 Å². The molecular weight excluding hydrogens is 318 g/mol. The third-order valence-electron chi connectivity index (χ3n) is 3.76. The minimum atomic E-state index is 0.235. The number of hydrogen-bond acceptors (Lipinski definition) is 3. The number of hydrogen-bond donors (Lipinski definition) is 1. The Balaban J connectivity index is 2.22. The Labute approximate surface area is 130 Å². The first-order chi connectivity index (χ1) is 9.77. The van der Waals surface area contributed by atoms with Gasteiger partial charge in [0.25, 0.3) is 0 Å². The van der Waals surface area contributed by atoms with Gasteiger partial charge in [0, 0.05) is 13.2 Å². The zero-order valence-corrected chi connectivity index (χ0v) is 14.2. The number of halogens is 1. The molecule has 1 saturated heterocycles. The summed E-state index contributed by atoms with van der Waals surface area (Å²) in [7, 11) is 0. The summed E-state index contributed by atoms with van der Waals surface area (Å²) in [4.78, 5) is 0. The number of aryl methyl sites for hydroxylation is 1. The van der Waals surface area contributed by atoms with Gasteiger partial charge < -0.3 is 10.1 Å². The van der Waals surface area contributed by atoms with E-state index in [4.69, 9.17) is 4.74 Å². The first-order valence-electron chi connectivity index (χ1n) is 7.84. The molecule has 5 heteroatoms. The summed E-state index contributed by atoms with van der Waals surface area (Å²) < 4.78 is 9.24. The van der Waals surface area contributed by atoms with Gasteiger partial charge in [-0.15, -0.1) is 0 Å². The van der Waals surface area contributed by atoms with Gasteiger partial charge in [0.05, 0.1) is 28.5 Å². The molecule has 2 rings (SSSR count). The van der Waals surface area contributed by atoms with Gasteiger partial charge in [-0.25, -0.2) is 0 Å². The van der Waals surface area contributed by atoms with E-state index in [2.05, 4.69) is 44.9 Å². The first kappa shape index (κ1) is 16.0. The number of ether oxygens (including phenoxy) is 1. The SMILES string of the molecule is CCCNC(c1c(Br)cnn1CCC)C1CCCCO1. The van der Waals surface area contributed by atoms with Crippen LogP contribution in [0.5, 0.6) is 0 Å². The van der Waals surface area contributed by atoms with Gasteiger partial charge in [-0.1, -0.05) is 13.8 Å². The Bertz CT molecular complexity index is 402. The molecular formula is C15H26BrN3O. The standard InChI is InChI=1S/C15H26BrN3O/c1-3-8-17-14(13-7-5-6-10-20-13)15-12(16)11-18-19(15)9-4-2/h11,13-14,17H,3-10H2,1-2H3. The molecule has 2 heterocycles. The van der Waals surface area contributed by atoms with E-state index < -0.39 is 0 Å². The molecule has 0 spiro atoms. The summed E-state index contributed by atoms with van der Waals surface area (Å²) in [6, 6.07) is 0.235. The van der Waals surface area contributed by atoms with Crippen LogP contribution in [-0.4, -0.2) is 29.0 Å². The van der Waals surface area contributed by atoms with Gasteiger partial charge in [0.2, 0.25) is 0 Å². The number of nitrogens with zero attached hydrogens (tertiary/aromatic N) is 2. The van der Waals surface area contributed by atoms with E-state index in [1.54, 1.807) is 0 Å². The molecule has 2 unspecified atom stereocenters. The lowest BCUT2D eigenvalue weighted by Gasteiger charge is -2.32. The Hall–Kier alpha value is -0.390. The molecule has 2 atom stereocenters. The highest BCUT2D eigenvalue weighted by Crippen LogP contribution is 2.31. The van der Waals surface area contributed by atoms with Gasteiger partial charge >= 0.3 is 0 Å². The first-order valence-corrected chi connectivity index (χ1v) is 8.63. The molecule has 0 saturated carbocycles. The van der Waals surface area contributed by atoms with E-state index in [0.29, 0.717) is 0 Å². The molecule has 1 N–H and O–H groups in total. The maximum Gasteiger partial charge on any atom is 0.0785 e. The van der Waals surface area contributed by atoms with Crippen molar-refractivity contribution in [1.82, 2.24) is 15.1 Å². The molecule has 0 bridgehead atoms. The normalized spacial score (nSPS) is 21.1. The zero-order chi connectivity index (χ0) is 14.4. The molecule has 20 heavy (non-hydrogen) atoms. The van der Waals surface area contributed by atoms with Crippen molar-refractivity contribution < 1.29 is 4.74 Å². The molecule has 0 aromatic carbocycles. The number of aromatic nitrogens is 2. The van der Waals surface area contributed by atoms with Gasteiger partial charge in [-0.05, 0) is 54.6 Å². The van der Waals surface area contributed by atoms with Gasteiger partial charge in [0.15, 0.2) is 0 Å². The zero-order valence-electron chi connectivity index (χ0n) is 12.6. The largest absolute Gasteiger partial charge is 0.376 e. The van der Waals surface area contributed by atoms with Crippen LogP contribution in [0.15, 0.2) is 10.7 Å². The average molecular weight is 344 g/mol. The number of rotatable bonds is 7. The predicted molar refractivity (Wildman–Crippen MR) is 84.8 cm³/mol. The topological polar surface area (TPSA) is 39.1 Å². The van der Waals surface area contributed by atoms with E-state index >= 15 is 0 Å². The average Bonchev–Trinajstić information content (AvgIpc) is 2.83. The molecule has 1 fully saturated rings. The number of nitrogens with one attached hydrogen (secondary N) is 1. The predicted octanol–water partition coefficient (Wildman–Crippen LogP) is 3.67. The second-order valence-electron chi connectivity index (χ2n) is 5.44. The quantitative estimate of drug-likeness (QED) is 0.820. The Morgan fingerprint density at radius 3 is 2.95 bits per heavy atom. The van der Waals surface area contributed by atoms with Crippen LogP contribution in [0.25, 0.3) is 0 Å². The maximum atomic E-state index is 6.02. The van der Waals surface area contributed by atoms with E-state index in [1.807, 2.05) is 6.20 Å². The lowest BCUT2D eigenvalue weighted by molar-refractivity contribution is -0.0101. The molecule has 114 valence electrons. The van der Waals surface area contributed by atoms with Crippen molar-refractivity contribution in [2.24, 2.45) is 0 Å². The molecule has 1 aliphatic heterocycles. The molecule has 1 aromatic rings. The van der Waals surface area contributed by atoms with Crippen LogP contribution in [0.1, 0.15) is 57.7 Å². The lowest BCUT2D eigenvalue weighted by atomic mass is 9.99. The molecule has 0 aliphatic carbocycles. The van der Waals surface area contributed by atoms with Crippen LogP contribution in [0.4, 0.5) is 0 Å². The molecule has 1 aromatic heterocycles. The summed E-state index contributed by atoms with van der Waals surface area (Å²) in [5.74, 6) is 0. The molecule has 4 nitrogen and oxygen atoms in total. The van der Waals surface area contributed by atoms with Crippen molar-refractivity contribution in [3.63, 3.8) is 0 Å². The summed E-state index contributed by atoms with van der Waals surface area (Å²) in [6.45, 7) is 7.23.